The van der Waals surface area contributed by atoms with Crippen molar-refractivity contribution in [2.24, 2.45) is 5.92 Å². The van der Waals surface area contributed by atoms with E-state index in [1.54, 1.807) is 25.3 Å². The Hall–Kier alpha value is -1.80. The largest absolute Gasteiger partial charge is 0.493 e. The number of rotatable bonds is 6. The third kappa shape index (κ3) is 4.61. The van der Waals surface area contributed by atoms with E-state index in [9.17, 15) is 13.2 Å². The second-order valence-corrected chi connectivity index (χ2v) is 7.87. The Kier molecular flexibility index (Phi) is 6.06. The van der Waals surface area contributed by atoms with Gasteiger partial charge in [0.2, 0.25) is 10.0 Å². The van der Waals surface area contributed by atoms with Crippen molar-refractivity contribution in [3.8, 4) is 11.5 Å². The molecular weight excluding hydrogens is 332 g/mol. The Labute approximate surface area is 143 Å². The van der Waals surface area contributed by atoms with Crippen molar-refractivity contribution in [1.82, 2.24) is 9.62 Å². The van der Waals surface area contributed by atoms with Crippen LogP contribution in [0.2, 0.25) is 0 Å². The first kappa shape index (κ1) is 18.5. The van der Waals surface area contributed by atoms with Gasteiger partial charge in [0.15, 0.2) is 11.5 Å². The molecule has 0 saturated carbocycles. The highest BCUT2D eigenvalue weighted by Crippen LogP contribution is 2.27. The van der Waals surface area contributed by atoms with Gasteiger partial charge < -0.3 is 14.8 Å². The van der Waals surface area contributed by atoms with Crippen molar-refractivity contribution in [3.63, 3.8) is 0 Å². The Morgan fingerprint density at radius 1 is 1.21 bits per heavy atom. The monoisotopic (exact) mass is 356 g/mol. The average Bonchev–Trinajstić information content (AvgIpc) is 2.58. The second-order valence-electron chi connectivity index (χ2n) is 5.89. The molecule has 0 aliphatic carbocycles. The van der Waals surface area contributed by atoms with E-state index in [0.717, 1.165) is 12.8 Å². The Morgan fingerprint density at radius 2 is 1.83 bits per heavy atom. The van der Waals surface area contributed by atoms with Gasteiger partial charge in [-0.2, -0.15) is 0 Å². The molecule has 24 heavy (non-hydrogen) atoms. The molecule has 1 amide bonds. The number of carbonyl (C=O) groups is 1. The van der Waals surface area contributed by atoms with E-state index in [-0.39, 0.29) is 11.8 Å². The second kappa shape index (κ2) is 7.85. The molecule has 2 rings (SSSR count). The number of hydrogen-bond acceptors (Lipinski definition) is 5. The van der Waals surface area contributed by atoms with E-state index in [4.69, 9.17) is 9.47 Å². The molecule has 134 valence electrons. The lowest BCUT2D eigenvalue weighted by Crippen LogP contribution is -2.41. The van der Waals surface area contributed by atoms with E-state index in [1.807, 2.05) is 0 Å². The summed E-state index contributed by atoms with van der Waals surface area (Å²) in [6.45, 7) is 1.55. The SMILES string of the molecule is COc1ccc(C(=O)NCC2CCN(S(C)(=O)=O)CC2)cc1OC. The van der Waals surface area contributed by atoms with E-state index in [2.05, 4.69) is 5.32 Å². The molecule has 1 saturated heterocycles. The molecule has 0 radical (unpaired) electrons. The smallest absolute Gasteiger partial charge is 0.251 e. The predicted molar refractivity (Wildman–Crippen MR) is 91.0 cm³/mol. The molecule has 1 fully saturated rings. The normalized spacial score (nSPS) is 16.6. The number of methoxy groups -OCH3 is 2. The summed E-state index contributed by atoms with van der Waals surface area (Å²) in [4.78, 5) is 12.3. The fourth-order valence-corrected chi connectivity index (χ4v) is 3.64. The highest BCUT2D eigenvalue weighted by molar-refractivity contribution is 7.88. The van der Waals surface area contributed by atoms with Crippen molar-refractivity contribution in [2.45, 2.75) is 12.8 Å². The van der Waals surface area contributed by atoms with Crippen molar-refractivity contribution in [3.05, 3.63) is 23.8 Å². The van der Waals surface area contributed by atoms with Crippen LogP contribution in [0.4, 0.5) is 0 Å². The van der Waals surface area contributed by atoms with Crippen LogP contribution in [0.1, 0.15) is 23.2 Å². The third-order valence-corrected chi connectivity index (χ3v) is 5.54. The maximum Gasteiger partial charge on any atom is 0.251 e. The minimum Gasteiger partial charge on any atom is -0.493 e. The summed E-state index contributed by atoms with van der Waals surface area (Å²) in [7, 11) is -0.0526. The number of nitrogens with one attached hydrogen (secondary N) is 1. The third-order valence-electron chi connectivity index (χ3n) is 4.24. The van der Waals surface area contributed by atoms with Gasteiger partial charge in [-0.3, -0.25) is 4.79 Å². The lowest BCUT2D eigenvalue weighted by atomic mass is 9.98. The van der Waals surface area contributed by atoms with E-state index >= 15 is 0 Å². The van der Waals surface area contributed by atoms with Crippen LogP contribution in [0.5, 0.6) is 11.5 Å². The minimum atomic E-state index is -3.12. The van der Waals surface area contributed by atoms with Crippen molar-refractivity contribution in [2.75, 3.05) is 40.1 Å². The summed E-state index contributed by atoms with van der Waals surface area (Å²) in [6, 6.07) is 5.02. The lowest BCUT2D eigenvalue weighted by Gasteiger charge is -2.30. The van der Waals surface area contributed by atoms with Gasteiger partial charge >= 0.3 is 0 Å². The van der Waals surface area contributed by atoms with E-state index in [1.165, 1.54) is 17.7 Å². The molecule has 0 bridgehead atoms. The number of nitrogens with zero attached hydrogens (tertiary/aromatic N) is 1. The van der Waals surface area contributed by atoms with E-state index in [0.29, 0.717) is 36.7 Å². The van der Waals surface area contributed by atoms with Crippen LogP contribution < -0.4 is 14.8 Å². The fourth-order valence-electron chi connectivity index (χ4n) is 2.76. The van der Waals surface area contributed by atoms with Gasteiger partial charge in [-0.15, -0.1) is 0 Å². The van der Waals surface area contributed by atoms with Crippen LogP contribution in [-0.4, -0.2) is 58.7 Å². The molecule has 7 nitrogen and oxygen atoms in total. The van der Waals surface area contributed by atoms with Gasteiger partial charge in [0.05, 0.1) is 20.5 Å². The fraction of sp³-hybridized carbons (Fsp3) is 0.562. The molecule has 0 atom stereocenters. The number of carbonyl (C=O) groups excluding carboxylic acids is 1. The average molecular weight is 356 g/mol. The van der Waals surface area contributed by atoms with E-state index < -0.39 is 10.0 Å². The number of hydrogen-bond donors (Lipinski definition) is 1. The number of benzene rings is 1. The number of piperidine rings is 1. The first-order chi connectivity index (χ1) is 11.3. The molecule has 1 heterocycles. The quantitative estimate of drug-likeness (QED) is 0.825. The summed E-state index contributed by atoms with van der Waals surface area (Å²) >= 11 is 0. The van der Waals surface area contributed by atoms with Gasteiger partial charge in [-0.1, -0.05) is 0 Å². The molecule has 0 spiro atoms. The van der Waals surface area contributed by atoms with Crippen LogP contribution >= 0.6 is 0 Å². The zero-order valence-corrected chi connectivity index (χ0v) is 15.1. The van der Waals surface area contributed by atoms with Gasteiger partial charge in [-0.25, -0.2) is 12.7 Å². The topological polar surface area (TPSA) is 84.9 Å². The Balaban J connectivity index is 1.88. The molecule has 8 heteroatoms. The summed E-state index contributed by atoms with van der Waals surface area (Å²) in [6.07, 6.45) is 2.73. The Morgan fingerprint density at radius 3 is 2.38 bits per heavy atom. The molecule has 0 unspecified atom stereocenters. The van der Waals surface area contributed by atoms with Crippen molar-refractivity contribution < 1.29 is 22.7 Å². The van der Waals surface area contributed by atoms with Gasteiger partial charge in [0, 0.05) is 25.2 Å². The number of ether oxygens (including phenoxy) is 2. The van der Waals surface area contributed by atoms with Gasteiger partial charge in [-0.05, 0) is 37.0 Å². The molecule has 1 N–H and O–H groups in total. The van der Waals surface area contributed by atoms with Gasteiger partial charge in [0.25, 0.3) is 5.91 Å². The van der Waals surface area contributed by atoms with Crippen LogP contribution in [0.15, 0.2) is 18.2 Å². The summed E-state index contributed by atoms with van der Waals surface area (Å²) < 4.78 is 34.8. The van der Waals surface area contributed by atoms with Crippen molar-refractivity contribution >= 4 is 15.9 Å². The highest BCUT2D eigenvalue weighted by Gasteiger charge is 2.25. The predicted octanol–water partition coefficient (Wildman–Crippen LogP) is 1.11. The zero-order valence-electron chi connectivity index (χ0n) is 14.2. The van der Waals surface area contributed by atoms with Gasteiger partial charge in [0.1, 0.15) is 0 Å². The molecular formula is C16H24N2O5S. The van der Waals surface area contributed by atoms with Crippen LogP contribution in [-0.2, 0) is 10.0 Å². The number of amides is 1. The van der Waals surface area contributed by atoms with Crippen LogP contribution in [0.25, 0.3) is 0 Å². The number of sulfonamides is 1. The summed E-state index contributed by atoms with van der Waals surface area (Å²) in [5, 5.41) is 2.91. The summed E-state index contributed by atoms with van der Waals surface area (Å²) in [5.74, 6) is 1.18. The van der Waals surface area contributed by atoms with Crippen LogP contribution in [0.3, 0.4) is 0 Å². The first-order valence-electron chi connectivity index (χ1n) is 7.80. The highest BCUT2D eigenvalue weighted by atomic mass is 32.2. The van der Waals surface area contributed by atoms with Crippen molar-refractivity contribution in [1.29, 1.82) is 0 Å². The maximum absolute atomic E-state index is 12.3. The standard InChI is InChI=1S/C16H24N2O5S/c1-22-14-5-4-13(10-15(14)23-2)16(19)17-11-12-6-8-18(9-7-12)24(3,20)21/h4-5,10,12H,6-9,11H2,1-3H3,(H,17,19). The molecule has 1 aromatic rings. The molecule has 0 aromatic heterocycles. The Bertz CT molecular complexity index is 682. The maximum atomic E-state index is 12.3. The first-order valence-corrected chi connectivity index (χ1v) is 9.65. The van der Waals surface area contributed by atoms with Crippen LogP contribution in [0, 0.1) is 5.92 Å². The molecule has 1 aliphatic heterocycles. The zero-order chi connectivity index (χ0) is 17.7. The summed E-state index contributed by atoms with van der Waals surface area (Å²) in [5.41, 5.74) is 0.501. The molecule has 1 aliphatic rings. The molecule has 1 aromatic carbocycles. The lowest BCUT2D eigenvalue weighted by molar-refractivity contribution is 0.0941. The minimum absolute atomic E-state index is 0.179.